The lowest BCUT2D eigenvalue weighted by Gasteiger charge is -2.30. The van der Waals surface area contributed by atoms with E-state index in [2.05, 4.69) is 29.3 Å². The van der Waals surface area contributed by atoms with Crippen molar-refractivity contribution in [2.75, 3.05) is 19.6 Å². The van der Waals surface area contributed by atoms with Gasteiger partial charge in [-0.3, -0.25) is 4.79 Å². The van der Waals surface area contributed by atoms with Crippen LogP contribution in [0.2, 0.25) is 0 Å². The van der Waals surface area contributed by atoms with Crippen molar-refractivity contribution in [3.63, 3.8) is 0 Å². The molecule has 1 saturated heterocycles. The predicted molar refractivity (Wildman–Crippen MR) is 109 cm³/mol. The van der Waals surface area contributed by atoms with Crippen molar-refractivity contribution in [1.29, 1.82) is 0 Å². The van der Waals surface area contributed by atoms with Crippen LogP contribution in [0.1, 0.15) is 40.8 Å². The Bertz CT molecular complexity index is 843. The van der Waals surface area contributed by atoms with E-state index < -0.39 is 5.97 Å². The number of aliphatic carboxylic acids is 1. The number of hydrogen-bond acceptors (Lipinski definition) is 3. The Kier molecular flexibility index (Phi) is 6.45. The Hall–Kier alpha value is -1.98. The second-order valence-electron chi connectivity index (χ2n) is 7.28. The highest BCUT2D eigenvalue weighted by atomic mass is 32.1. The summed E-state index contributed by atoms with van der Waals surface area (Å²) in [4.78, 5) is 14.7. The number of benzene rings is 1. The molecule has 1 fully saturated rings. The average Bonchev–Trinajstić information content (AvgIpc) is 3.05. The molecule has 1 aliphatic rings. The third kappa shape index (κ3) is 4.85. The number of carboxylic acids is 1. The topological polar surface area (TPSA) is 40.5 Å². The highest BCUT2D eigenvalue weighted by molar-refractivity contribution is 7.11. The maximum Gasteiger partial charge on any atom is 0.307 e. The number of halogens is 1. The predicted octanol–water partition coefficient (Wildman–Crippen LogP) is 5.12. The van der Waals surface area contributed by atoms with Crippen molar-refractivity contribution in [3.8, 4) is 0 Å². The van der Waals surface area contributed by atoms with Crippen molar-refractivity contribution in [2.24, 2.45) is 5.92 Å². The van der Waals surface area contributed by atoms with Crippen molar-refractivity contribution < 1.29 is 14.3 Å². The molecule has 144 valence electrons. The Balaban J connectivity index is 1.79. The van der Waals surface area contributed by atoms with E-state index >= 15 is 0 Å². The Morgan fingerprint density at radius 1 is 1.33 bits per heavy atom. The van der Waals surface area contributed by atoms with E-state index in [1.165, 1.54) is 16.5 Å². The summed E-state index contributed by atoms with van der Waals surface area (Å²) in [6, 6.07) is 7.06. The van der Waals surface area contributed by atoms with E-state index in [4.69, 9.17) is 0 Å². The third-order valence-corrected chi connectivity index (χ3v) is 6.28. The highest BCUT2D eigenvalue weighted by Crippen LogP contribution is 2.33. The first kappa shape index (κ1) is 19.8. The van der Waals surface area contributed by atoms with Crippen LogP contribution in [0.5, 0.6) is 0 Å². The second-order valence-corrected chi connectivity index (χ2v) is 8.19. The first-order chi connectivity index (χ1) is 13.0. The van der Waals surface area contributed by atoms with Gasteiger partial charge < -0.3 is 10.0 Å². The van der Waals surface area contributed by atoms with Crippen molar-refractivity contribution in [3.05, 3.63) is 63.1 Å². The fourth-order valence-electron chi connectivity index (χ4n) is 3.75. The van der Waals surface area contributed by atoms with Gasteiger partial charge in [0.15, 0.2) is 0 Å². The van der Waals surface area contributed by atoms with Crippen LogP contribution in [0.4, 0.5) is 4.39 Å². The molecular formula is C22H26FNO2S. The molecule has 0 amide bonds. The van der Waals surface area contributed by atoms with Gasteiger partial charge in [0.2, 0.25) is 0 Å². The normalized spacial score (nSPS) is 18.6. The van der Waals surface area contributed by atoms with Crippen LogP contribution in [0, 0.1) is 25.6 Å². The minimum Gasteiger partial charge on any atom is -0.481 e. The van der Waals surface area contributed by atoms with E-state index in [-0.39, 0.29) is 11.7 Å². The van der Waals surface area contributed by atoms with Crippen LogP contribution in [0.15, 0.2) is 35.7 Å². The minimum absolute atomic E-state index is 0.216. The molecule has 1 N–H and O–H groups in total. The number of likely N-dealkylation sites (tertiary alicyclic amines) is 1. The van der Waals surface area contributed by atoms with Gasteiger partial charge in [-0.1, -0.05) is 12.1 Å². The molecule has 0 bridgehead atoms. The van der Waals surface area contributed by atoms with Crippen LogP contribution >= 0.6 is 11.3 Å². The van der Waals surface area contributed by atoms with Gasteiger partial charge in [-0.25, -0.2) is 4.39 Å². The van der Waals surface area contributed by atoms with E-state index in [1.54, 1.807) is 17.4 Å². The number of hydrogen-bond donors (Lipinski definition) is 1. The summed E-state index contributed by atoms with van der Waals surface area (Å²) < 4.78 is 13.6. The molecule has 1 aromatic heterocycles. The van der Waals surface area contributed by atoms with E-state index in [0.717, 1.165) is 49.1 Å². The van der Waals surface area contributed by atoms with Gasteiger partial charge in [-0.05, 0) is 85.5 Å². The van der Waals surface area contributed by atoms with Gasteiger partial charge in [0.1, 0.15) is 5.82 Å². The zero-order chi connectivity index (χ0) is 19.4. The SMILES string of the molecule is Cc1cc(F)ccc1C(=CCCN1CCCC(C(=O)O)C1)c1sccc1C. The standard InChI is InChI=1S/C22H26FNO2S/c1-15-9-12-27-21(15)20(19-8-7-18(23)13-16(19)2)6-4-11-24-10-3-5-17(14-24)22(25)26/h6-9,12-13,17H,3-5,10-11,14H2,1-2H3,(H,25,26). The number of piperidine rings is 1. The van der Waals surface area contributed by atoms with Crippen LogP contribution in [0.3, 0.4) is 0 Å². The number of aryl methyl sites for hydroxylation is 2. The summed E-state index contributed by atoms with van der Waals surface area (Å²) in [6.07, 6.45) is 4.78. The first-order valence-electron chi connectivity index (χ1n) is 9.42. The fraction of sp³-hybridized carbons (Fsp3) is 0.409. The lowest BCUT2D eigenvalue weighted by atomic mass is 9.96. The van der Waals surface area contributed by atoms with Crippen molar-refractivity contribution >= 4 is 22.9 Å². The fourth-order valence-corrected chi connectivity index (χ4v) is 4.74. The zero-order valence-corrected chi connectivity index (χ0v) is 16.7. The van der Waals surface area contributed by atoms with Crippen LogP contribution in [0.25, 0.3) is 5.57 Å². The molecule has 0 aliphatic carbocycles. The number of carbonyl (C=O) groups is 1. The molecule has 3 nitrogen and oxygen atoms in total. The molecule has 0 radical (unpaired) electrons. The molecule has 1 aliphatic heterocycles. The van der Waals surface area contributed by atoms with E-state index in [1.807, 2.05) is 13.0 Å². The molecule has 2 heterocycles. The second kappa shape index (κ2) is 8.81. The number of carboxylic acid groups (broad SMARTS) is 1. The van der Waals surface area contributed by atoms with E-state index in [9.17, 15) is 14.3 Å². The molecule has 0 spiro atoms. The third-order valence-electron chi connectivity index (χ3n) is 5.23. The lowest BCUT2D eigenvalue weighted by Crippen LogP contribution is -2.39. The molecule has 1 atom stereocenters. The largest absolute Gasteiger partial charge is 0.481 e. The first-order valence-corrected chi connectivity index (χ1v) is 10.3. The number of thiophene rings is 1. The maximum atomic E-state index is 13.6. The van der Waals surface area contributed by atoms with Crippen LogP contribution in [-0.2, 0) is 4.79 Å². The molecule has 1 aromatic carbocycles. The molecular weight excluding hydrogens is 361 g/mol. The Morgan fingerprint density at radius 3 is 2.81 bits per heavy atom. The molecule has 1 unspecified atom stereocenters. The van der Waals surface area contributed by atoms with Gasteiger partial charge in [0.05, 0.1) is 5.92 Å². The molecule has 0 saturated carbocycles. The molecule has 3 rings (SSSR count). The maximum absolute atomic E-state index is 13.6. The molecule has 27 heavy (non-hydrogen) atoms. The summed E-state index contributed by atoms with van der Waals surface area (Å²) >= 11 is 1.70. The Morgan fingerprint density at radius 2 is 2.15 bits per heavy atom. The summed E-state index contributed by atoms with van der Waals surface area (Å²) in [5, 5.41) is 11.3. The van der Waals surface area contributed by atoms with Gasteiger partial charge in [-0.15, -0.1) is 11.3 Å². The van der Waals surface area contributed by atoms with Gasteiger partial charge in [0, 0.05) is 18.0 Å². The smallest absolute Gasteiger partial charge is 0.307 e. The van der Waals surface area contributed by atoms with Gasteiger partial charge in [0.25, 0.3) is 0 Å². The number of nitrogens with zero attached hydrogens (tertiary/aromatic N) is 1. The summed E-state index contributed by atoms with van der Waals surface area (Å²) in [5.41, 5.74) is 4.35. The number of rotatable bonds is 6. The van der Waals surface area contributed by atoms with Crippen molar-refractivity contribution in [2.45, 2.75) is 33.1 Å². The lowest BCUT2D eigenvalue weighted by molar-refractivity contribution is -0.143. The van der Waals surface area contributed by atoms with Gasteiger partial charge in [-0.2, -0.15) is 0 Å². The Labute approximate surface area is 164 Å². The monoisotopic (exact) mass is 387 g/mol. The van der Waals surface area contributed by atoms with Crippen LogP contribution < -0.4 is 0 Å². The minimum atomic E-state index is -0.688. The van der Waals surface area contributed by atoms with Gasteiger partial charge >= 0.3 is 5.97 Å². The highest BCUT2D eigenvalue weighted by Gasteiger charge is 2.24. The molecule has 5 heteroatoms. The average molecular weight is 388 g/mol. The summed E-state index contributed by atoms with van der Waals surface area (Å²) in [7, 11) is 0. The summed E-state index contributed by atoms with van der Waals surface area (Å²) in [5.74, 6) is -1.15. The zero-order valence-electron chi connectivity index (χ0n) is 15.9. The van der Waals surface area contributed by atoms with E-state index in [0.29, 0.717) is 6.54 Å². The molecule has 2 aromatic rings. The quantitative estimate of drug-likeness (QED) is 0.748. The summed E-state index contributed by atoms with van der Waals surface area (Å²) in [6.45, 7) is 6.47. The van der Waals surface area contributed by atoms with Crippen molar-refractivity contribution in [1.82, 2.24) is 4.90 Å². The van der Waals surface area contributed by atoms with Crippen LogP contribution in [-0.4, -0.2) is 35.6 Å².